The molecule has 0 aromatic heterocycles. The summed E-state index contributed by atoms with van der Waals surface area (Å²) in [5.41, 5.74) is 1.80. The van der Waals surface area contributed by atoms with Gasteiger partial charge in [0.1, 0.15) is 0 Å². The topological polar surface area (TPSA) is 43.7 Å². The second-order valence-corrected chi connectivity index (χ2v) is 12.9. The molecule has 12 atom stereocenters. The number of aliphatic hydroxyl groups is 2. The standard InChI is InChI=1S/C27H43NO2/c1-15-5-8-22-16(2)25-23(28(22)14-15)12-21-19-7-6-17-11-18(29)9-10-26(17,3)20(19)13-24(30)27(21,25)4/h6,15-16,18-25,29-30H,5,7-14H2,1-4H3/t15?,16?,18-,19?,20?,21?,22?,23?,24?,25?,26-,27+/m0/s1. The molecule has 30 heavy (non-hydrogen) atoms. The molecule has 4 aliphatic carbocycles. The zero-order valence-electron chi connectivity index (χ0n) is 19.6. The fraction of sp³-hybridized carbons (Fsp3) is 0.926. The summed E-state index contributed by atoms with van der Waals surface area (Å²) in [6, 6.07) is 1.46. The van der Waals surface area contributed by atoms with Gasteiger partial charge < -0.3 is 10.2 Å². The van der Waals surface area contributed by atoms with Crippen LogP contribution in [0.25, 0.3) is 0 Å². The SMILES string of the molecule is CC1CCC2C(C)C3C(CC4C5CC=C6C[C@@H](O)CC[C@]6(C)C5CC(O)[C@@]43C)N2C1. The summed E-state index contributed by atoms with van der Waals surface area (Å²) in [5.74, 6) is 4.19. The van der Waals surface area contributed by atoms with E-state index in [1.54, 1.807) is 0 Å². The average molecular weight is 414 g/mol. The van der Waals surface area contributed by atoms with Crippen molar-refractivity contribution >= 4 is 0 Å². The van der Waals surface area contributed by atoms with Crippen molar-refractivity contribution in [2.75, 3.05) is 6.54 Å². The lowest BCUT2D eigenvalue weighted by molar-refractivity contribution is -0.135. The van der Waals surface area contributed by atoms with E-state index in [0.29, 0.717) is 23.8 Å². The highest BCUT2D eigenvalue weighted by Crippen LogP contribution is 2.69. The molecule has 0 aromatic rings. The van der Waals surface area contributed by atoms with Gasteiger partial charge in [0, 0.05) is 24.0 Å². The Balaban J connectivity index is 1.36. The van der Waals surface area contributed by atoms with Crippen molar-refractivity contribution in [3.8, 4) is 0 Å². The summed E-state index contributed by atoms with van der Waals surface area (Å²) < 4.78 is 0. The monoisotopic (exact) mass is 413 g/mol. The minimum Gasteiger partial charge on any atom is -0.393 e. The molecule has 6 rings (SSSR count). The van der Waals surface area contributed by atoms with E-state index >= 15 is 0 Å². The molecule has 2 heterocycles. The van der Waals surface area contributed by atoms with Gasteiger partial charge in [0.15, 0.2) is 0 Å². The van der Waals surface area contributed by atoms with E-state index in [4.69, 9.17) is 0 Å². The Hall–Kier alpha value is -0.380. The zero-order valence-corrected chi connectivity index (χ0v) is 19.6. The maximum absolute atomic E-state index is 11.8. The molecule has 2 N–H and O–H groups in total. The van der Waals surface area contributed by atoms with E-state index in [1.165, 1.54) is 37.8 Å². The fourth-order valence-electron chi connectivity index (χ4n) is 10.3. The third-order valence-electron chi connectivity index (χ3n) is 11.8. The van der Waals surface area contributed by atoms with Gasteiger partial charge in [0.25, 0.3) is 0 Å². The number of hydrogen-bond acceptors (Lipinski definition) is 3. The first kappa shape index (κ1) is 20.2. The quantitative estimate of drug-likeness (QED) is 0.569. The van der Waals surface area contributed by atoms with E-state index in [2.05, 4.69) is 38.7 Å². The summed E-state index contributed by atoms with van der Waals surface area (Å²) >= 11 is 0. The van der Waals surface area contributed by atoms with Crippen LogP contribution in [0.4, 0.5) is 0 Å². The van der Waals surface area contributed by atoms with Gasteiger partial charge in [-0.25, -0.2) is 0 Å². The molecule has 0 spiro atoms. The molecule has 168 valence electrons. The van der Waals surface area contributed by atoms with E-state index in [0.717, 1.165) is 49.5 Å². The minimum absolute atomic E-state index is 0.0850. The van der Waals surface area contributed by atoms with Gasteiger partial charge in [-0.1, -0.05) is 39.3 Å². The normalized spacial score (nSPS) is 60.1. The van der Waals surface area contributed by atoms with Gasteiger partial charge in [-0.05, 0) is 92.3 Å². The first-order chi connectivity index (χ1) is 14.2. The molecule has 3 nitrogen and oxygen atoms in total. The minimum atomic E-state index is -0.164. The molecule has 0 amide bonds. The third-order valence-corrected chi connectivity index (χ3v) is 11.8. The number of piperidine rings is 1. The highest BCUT2D eigenvalue weighted by molar-refractivity contribution is 5.27. The average Bonchev–Trinajstić information content (AvgIpc) is 3.17. The van der Waals surface area contributed by atoms with E-state index < -0.39 is 0 Å². The smallest absolute Gasteiger partial charge is 0.0603 e. The molecular weight excluding hydrogens is 370 g/mol. The molecule has 6 aliphatic rings. The van der Waals surface area contributed by atoms with Crippen LogP contribution in [0.1, 0.15) is 79.1 Å². The Labute approximate surface area is 183 Å². The highest BCUT2D eigenvalue weighted by atomic mass is 16.3. The molecule has 5 fully saturated rings. The highest BCUT2D eigenvalue weighted by Gasteiger charge is 2.69. The van der Waals surface area contributed by atoms with Crippen LogP contribution < -0.4 is 0 Å². The van der Waals surface area contributed by atoms with Crippen LogP contribution in [0, 0.1) is 46.3 Å². The molecule has 9 unspecified atom stereocenters. The second-order valence-electron chi connectivity index (χ2n) is 12.9. The molecule has 2 aliphatic heterocycles. The summed E-state index contributed by atoms with van der Waals surface area (Å²) in [6.07, 6.45) is 11.4. The first-order valence-corrected chi connectivity index (χ1v) is 13.1. The van der Waals surface area contributed by atoms with Gasteiger partial charge in [0.05, 0.1) is 12.2 Å². The van der Waals surface area contributed by atoms with Crippen molar-refractivity contribution in [3.05, 3.63) is 11.6 Å². The number of aliphatic hydroxyl groups excluding tert-OH is 2. The molecule has 3 saturated carbocycles. The maximum Gasteiger partial charge on any atom is 0.0603 e. The summed E-state index contributed by atoms with van der Waals surface area (Å²) in [5, 5.41) is 22.1. The number of allylic oxidation sites excluding steroid dienone is 1. The molecule has 2 saturated heterocycles. The van der Waals surface area contributed by atoms with Gasteiger partial charge in [0.2, 0.25) is 0 Å². The van der Waals surface area contributed by atoms with Crippen molar-refractivity contribution in [1.29, 1.82) is 0 Å². The predicted octanol–water partition coefficient (Wildman–Crippen LogP) is 4.63. The van der Waals surface area contributed by atoms with Crippen molar-refractivity contribution < 1.29 is 10.2 Å². The zero-order chi connectivity index (χ0) is 21.0. The number of fused-ring (bicyclic) bond motifs is 9. The Morgan fingerprint density at radius 1 is 1.00 bits per heavy atom. The number of nitrogens with zero attached hydrogens (tertiary/aromatic N) is 1. The van der Waals surface area contributed by atoms with Crippen molar-refractivity contribution in [3.63, 3.8) is 0 Å². The molecule has 0 bridgehead atoms. The van der Waals surface area contributed by atoms with Gasteiger partial charge >= 0.3 is 0 Å². The van der Waals surface area contributed by atoms with Crippen LogP contribution in [-0.4, -0.2) is 45.9 Å². The summed E-state index contributed by atoms with van der Waals surface area (Å²) in [4.78, 5) is 2.91. The lowest BCUT2D eigenvalue weighted by Gasteiger charge is -2.60. The molecule has 3 heteroatoms. The van der Waals surface area contributed by atoms with E-state index in [1.807, 2.05) is 0 Å². The fourth-order valence-corrected chi connectivity index (χ4v) is 10.3. The molecular formula is C27H43NO2. The van der Waals surface area contributed by atoms with E-state index in [-0.39, 0.29) is 23.0 Å². The number of rotatable bonds is 0. The van der Waals surface area contributed by atoms with Crippen LogP contribution in [-0.2, 0) is 0 Å². The Morgan fingerprint density at radius 3 is 2.60 bits per heavy atom. The summed E-state index contributed by atoms with van der Waals surface area (Å²) in [7, 11) is 0. The lowest BCUT2D eigenvalue weighted by Crippen LogP contribution is -2.57. The number of hydrogen-bond donors (Lipinski definition) is 2. The van der Waals surface area contributed by atoms with E-state index in [9.17, 15) is 10.2 Å². The Morgan fingerprint density at radius 2 is 1.80 bits per heavy atom. The van der Waals surface area contributed by atoms with Crippen LogP contribution in [0.15, 0.2) is 11.6 Å². The predicted molar refractivity (Wildman–Crippen MR) is 120 cm³/mol. The van der Waals surface area contributed by atoms with Crippen LogP contribution in [0.3, 0.4) is 0 Å². The maximum atomic E-state index is 11.8. The lowest BCUT2D eigenvalue weighted by atomic mass is 9.46. The van der Waals surface area contributed by atoms with Gasteiger partial charge in [-0.15, -0.1) is 0 Å². The molecule has 0 aromatic carbocycles. The van der Waals surface area contributed by atoms with Crippen LogP contribution in [0.5, 0.6) is 0 Å². The first-order valence-electron chi connectivity index (χ1n) is 13.1. The van der Waals surface area contributed by atoms with Gasteiger partial charge in [-0.2, -0.15) is 0 Å². The van der Waals surface area contributed by atoms with Crippen molar-refractivity contribution in [1.82, 2.24) is 4.90 Å². The largest absolute Gasteiger partial charge is 0.393 e. The van der Waals surface area contributed by atoms with Gasteiger partial charge in [-0.3, -0.25) is 4.90 Å². The third kappa shape index (κ3) is 2.44. The van der Waals surface area contributed by atoms with Crippen LogP contribution >= 0.6 is 0 Å². The Kier molecular flexibility index (Phi) is 4.44. The Bertz CT molecular complexity index is 749. The van der Waals surface area contributed by atoms with Crippen LogP contribution in [0.2, 0.25) is 0 Å². The molecule has 0 radical (unpaired) electrons. The second kappa shape index (κ2) is 6.58. The summed E-state index contributed by atoms with van der Waals surface area (Å²) in [6.45, 7) is 11.2. The van der Waals surface area contributed by atoms with Crippen molar-refractivity contribution in [2.45, 2.75) is 103 Å². The van der Waals surface area contributed by atoms with Crippen molar-refractivity contribution in [2.24, 2.45) is 46.3 Å².